The van der Waals surface area contributed by atoms with Gasteiger partial charge < -0.3 is 4.90 Å². The van der Waals surface area contributed by atoms with E-state index in [-0.39, 0.29) is 23.4 Å². The average Bonchev–Trinajstić information content (AvgIpc) is 2.87. The largest absolute Gasteiger partial charge is 0.334 e. The van der Waals surface area contributed by atoms with E-state index in [9.17, 15) is 9.59 Å². The van der Waals surface area contributed by atoms with Crippen molar-refractivity contribution in [1.29, 1.82) is 0 Å². The summed E-state index contributed by atoms with van der Waals surface area (Å²) in [5.74, 6) is 0.00570. The van der Waals surface area contributed by atoms with E-state index in [1.54, 1.807) is 9.95 Å². The van der Waals surface area contributed by atoms with Crippen LogP contribution in [0.5, 0.6) is 0 Å². The van der Waals surface area contributed by atoms with Crippen LogP contribution >= 0.6 is 11.3 Å². The van der Waals surface area contributed by atoms with E-state index >= 15 is 0 Å². The maximum atomic E-state index is 12.8. The third-order valence-electron chi connectivity index (χ3n) is 4.00. The predicted octanol–water partition coefficient (Wildman–Crippen LogP) is 3.61. The van der Waals surface area contributed by atoms with Crippen LogP contribution in [0, 0.1) is 6.92 Å². The normalized spacial score (nSPS) is 12.1. The first kappa shape index (κ1) is 17.5. The highest BCUT2D eigenvalue weighted by Gasteiger charge is 2.24. The molecule has 2 aromatic rings. The van der Waals surface area contributed by atoms with Crippen LogP contribution in [-0.4, -0.2) is 21.9 Å². The molecule has 4 nitrogen and oxygen atoms in total. The van der Waals surface area contributed by atoms with Gasteiger partial charge in [0.25, 0.3) is 0 Å². The third kappa shape index (κ3) is 4.10. The Morgan fingerprint density at radius 2 is 1.96 bits per heavy atom. The molecule has 2 rings (SSSR count). The SMILES string of the molecule is CCCN(C(=O)Cn1c(C)csc1=O)C(CC)c1ccccc1. The Kier molecular flexibility index (Phi) is 6.16. The van der Waals surface area contributed by atoms with Gasteiger partial charge >= 0.3 is 4.87 Å². The maximum absolute atomic E-state index is 12.8. The van der Waals surface area contributed by atoms with Gasteiger partial charge in [-0.15, -0.1) is 0 Å². The molecule has 0 aliphatic rings. The molecular weight excluding hydrogens is 308 g/mol. The van der Waals surface area contributed by atoms with E-state index in [0.717, 1.165) is 35.4 Å². The highest BCUT2D eigenvalue weighted by molar-refractivity contribution is 7.07. The molecule has 23 heavy (non-hydrogen) atoms. The van der Waals surface area contributed by atoms with Crippen LogP contribution in [0.1, 0.15) is 44.0 Å². The topological polar surface area (TPSA) is 42.3 Å². The van der Waals surface area contributed by atoms with Crippen molar-refractivity contribution in [2.45, 2.75) is 46.2 Å². The zero-order chi connectivity index (χ0) is 16.8. The summed E-state index contributed by atoms with van der Waals surface area (Å²) in [5.41, 5.74) is 1.99. The highest BCUT2D eigenvalue weighted by atomic mass is 32.1. The van der Waals surface area contributed by atoms with Crippen LogP contribution in [0.3, 0.4) is 0 Å². The predicted molar refractivity (Wildman–Crippen MR) is 94.8 cm³/mol. The van der Waals surface area contributed by atoms with Crippen molar-refractivity contribution in [3.63, 3.8) is 0 Å². The number of rotatable bonds is 7. The smallest absolute Gasteiger partial charge is 0.307 e. The second kappa shape index (κ2) is 8.11. The zero-order valence-electron chi connectivity index (χ0n) is 14.0. The Balaban J connectivity index is 2.26. The van der Waals surface area contributed by atoms with Gasteiger partial charge in [0.2, 0.25) is 5.91 Å². The zero-order valence-corrected chi connectivity index (χ0v) is 14.8. The van der Waals surface area contributed by atoms with Crippen molar-refractivity contribution in [2.75, 3.05) is 6.54 Å². The quantitative estimate of drug-likeness (QED) is 0.777. The molecule has 0 bridgehead atoms. The Morgan fingerprint density at radius 3 is 2.48 bits per heavy atom. The number of aryl methyl sites for hydroxylation is 1. The number of amides is 1. The Hall–Kier alpha value is -1.88. The first-order valence-electron chi connectivity index (χ1n) is 8.07. The summed E-state index contributed by atoms with van der Waals surface area (Å²) < 4.78 is 1.56. The lowest BCUT2D eigenvalue weighted by atomic mass is 10.0. The molecule has 1 unspecified atom stereocenters. The van der Waals surface area contributed by atoms with Crippen LogP contribution in [0.15, 0.2) is 40.5 Å². The van der Waals surface area contributed by atoms with Gasteiger partial charge in [0.1, 0.15) is 6.54 Å². The molecule has 0 aliphatic carbocycles. The summed E-state index contributed by atoms with van der Waals surface area (Å²) in [7, 11) is 0. The van der Waals surface area contributed by atoms with Crippen molar-refractivity contribution in [3.05, 3.63) is 56.6 Å². The molecule has 1 amide bonds. The summed E-state index contributed by atoms with van der Waals surface area (Å²) >= 11 is 1.15. The number of nitrogens with zero attached hydrogens (tertiary/aromatic N) is 2. The van der Waals surface area contributed by atoms with Gasteiger partial charge in [-0.1, -0.05) is 55.5 Å². The van der Waals surface area contributed by atoms with E-state index in [1.807, 2.05) is 30.0 Å². The van der Waals surface area contributed by atoms with Crippen molar-refractivity contribution in [3.8, 4) is 0 Å². The molecule has 0 N–H and O–H groups in total. The van der Waals surface area contributed by atoms with Gasteiger partial charge in [0.15, 0.2) is 0 Å². The second-order valence-electron chi connectivity index (χ2n) is 5.65. The molecule has 1 aromatic heterocycles. The number of hydrogen-bond acceptors (Lipinski definition) is 3. The van der Waals surface area contributed by atoms with Crippen LogP contribution in [0.25, 0.3) is 0 Å². The number of benzene rings is 1. The fourth-order valence-corrected chi connectivity index (χ4v) is 3.56. The number of hydrogen-bond donors (Lipinski definition) is 0. The lowest BCUT2D eigenvalue weighted by Gasteiger charge is -2.31. The molecular formula is C18H24N2O2S. The minimum absolute atomic E-state index is 0.00570. The van der Waals surface area contributed by atoms with Crippen LogP contribution in [0.2, 0.25) is 0 Å². The van der Waals surface area contributed by atoms with Crippen molar-refractivity contribution in [1.82, 2.24) is 9.47 Å². The average molecular weight is 332 g/mol. The molecule has 124 valence electrons. The monoisotopic (exact) mass is 332 g/mol. The lowest BCUT2D eigenvalue weighted by molar-refractivity contribution is -0.134. The first-order valence-corrected chi connectivity index (χ1v) is 8.95. The number of aromatic nitrogens is 1. The van der Waals surface area contributed by atoms with E-state index in [2.05, 4.69) is 26.0 Å². The van der Waals surface area contributed by atoms with Crippen LogP contribution in [0.4, 0.5) is 0 Å². The third-order valence-corrected chi connectivity index (χ3v) is 4.88. The van der Waals surface area contributed by atoms with Crippen LogP contribution < -0.4 is 4.87 Å². The fourth-order valence-electron chi connectivity index (χ4n) is 2.83. The van der Waals surface area contributed by atoms with Crippen molar-refractivity contribution < 1.29 is 4.79 Å². The Bertz CT molecular complexity index is 691. The number of carbonyl (C=O) groups excluding carboxylic acids is 1. The molecule has 5 heteroatoms. The molecule has 1 heterocycles. The van der Waals surface area contributed by atoms with E-state index in [0.29, 0.717) is 6.54 Å². The molecule has 0 spiro atoms. The van der Waals surface area contributed by atoms with Gasteiger partial charge in [-0.3, -0.25) is 14.2 Å². The Labute approximate surface area is 141 Å². The van der Waals surface area contributed by atoms with Gasteiger partial charge in [0, 0.05) is 17.6 Å². The van der Waals surface area contributed by atoms with Crippen molar-refractivity contribution in [2.24, 2.45) is 0 Å². The molecule has 0 aliphatic heterocycles. The van der Waals surface area contributed by atoms with E-state index < -0.39 is 0 Å². The van der Waals surface area contributed by atoms with Gasteiger partial charge in [0.05, 0.1) is 6.04 Å². The molecule has 0 saturated carbocycles. The summed E-state index contributed by atoms with van der Waals surface area (Å²) in [6, 6.07) is 10.2. The van der Waals surface area contributed by atoms with Gasteiger partial charge in [-0.05, 0) is 25.3 Å². The first-order chi connectivity index (χ1) is 11.1. The van der Waals surface area contributed by atoms with E-state index in [1.165, 1.54) is 0 Å². The molecule has 0 saturated heterocycles. The number of carbonyl (C=O) groups is 1. The maximum Gasteiger partial charge on any atom is 0.307 e. The van der Waals surface area contributed by atoms with Gasteiger partial charge in [-0.25, -0.2) is 0 Å². The summed E-state index contributed by atoms with van der Waals surface area (Å²) in [6.07, 6.45) is 1.75. The van der Waals surface area contributed by atoms with Gasteiger partial charge in [-0.2, -0.15) is 0 Å². The summed E-state index contributed by atoms with van der Waals surface area (Å²) in [5, 5.41) is 1.80. The minimum atomic E-state index is -0.0694. The second-order valence-corrected chi connectivity index (χ2v) is 6.47. The minimum Gasteiger partial charge on any atom is -0.334 e. The summed E-state index contributed by atoms with van der Waals surface area (Å²) in [4.78, 5) is 26.6. The van der Waals surface area contributed by atoms with Crippen molar-refractivity contribution >= 4 is 17.2 Å². The standard InChI is InChI=1S/C18H24N2O2S/c1-4-11-19(16(5-2)15-9-7-6-8-10-15)17(21)12-20-14(3)13-23-18(20)22/h6-10,13,16H,4-5,11-12H2,1-3H3. The lowest BCUT2D eigenvalue weighted by Crippen LogP contribution is -2.39. The highest BCUT2D eigenvalue weighted by Crippen LogP contribution is 2.24. The number of thiazole rings is 1. The molecule has 1 aromatic carbocycles. The Morgan fingerprint density at radius 1 is 1.26 bits per heavy atom. The molecule has 0 fully saturated rings. The summed E-state index contributed by atoms with van der Waals surface area (Å²) in [6.45, 7) is 6.85. The molecule has 0 radical (unpaired) electrons. The van der Waals surface area contributed by atoms with Crippen LogP contribution in [-0.2, 0) is 11.3 Å². The fraction of sp³-hybridized carbons (Fsp3) is 0.444. The molecule has 1 atom stereocenters. The van der Waals surface area contributed by atoms with E-state index in [4.69, 9.17) is 0 Å².